The average Bonchev–Trinajstić information content (AvgIpc) is 2.49. The van der Waals surface area contributed by atoms with Crippen molar-refractivity contribution in [1.29, 1.82) is 0 Å². The van der Waals surface area contributed by atoms with Gasteiger partial charge in [0.05, 0.1) is 13.1 Å². The molecule has 2 heterocycles. The van der Waals surface area contributed by atoms with Crippen molar-refractivity contribution in [1.82, 2.24) is 0 Å². The van der Waals surface area contributed by atoms with Gasteiger partial charge >= 0.3 is 0 Å². The molecule has 0 amide bonds. The van der Waals surface area contributed by atoms with Crippen LogP contribution in [-0.4, -0.2) is 52.9 Å². The maximum Gasteiger partial charge on any atom is 0.186 e. The Balaban J connectivity index is 0.000000326. The van der Waals surface area contributed by atoms with E-state index in [-0.39, 0.29) is 0 Å². The van der Waals surface area contributed by atoms with Crippen LogP contribution in [0.4, 0.5) is 4.32 Å². The number of quaternary nitrogens is 2. The standard InChI is InChI=1S/2C6H13NS2.BFO2/c2*1-6(8-2)7-4-3-5-9-6;2-1(3)4/h2*7H,3-5H2,1-2H3;/q;;-2/p+2. The van der Waals surface area contributed by atoms with Crippen LogP contribution in [0.25, 0.3) is 0 Å². The van der Waals surface area contributed by atoms with Crippen LogP contribution in [-0.2, 0) is 0 Å². The van der Waals surface area contributed by atoms with Crippen LogP contribution < -0.4 is 20.7 Å². The fourth-order valence-corrected chi connectivity index (χ4v) is 5.76. The first-order valence-electron chi connectivity index (χ1n) is 7.29. The van der Waals surface area contributed by atoms with Gasteiger partial charge in [-0.15, -0.1) is 0 Å². The van der Waals surface area contributed by atoms with Crippen LogP contribution in [0.15, 0.2) is 0 Å². The van der Waals surface area contributed by atoms with Crippen LogP contribution >= 0.6 is 47.0 Å². The molecular weight excluding hydrogens is 362 g/mol. The molecule has 2 aliphatic rings. The molecule has 0 aromatic rings. The Morgan fingerprint density at radius 2 is 1.27 bits per heavy atom. The molecule has 2 aliphatic heterocycles. The van der Waals surface area contributed by atoms with E-state index in [9.17, 15) is 4.32 Å². The van der Waals surface area contributed by atoms with Crippen molar-refractivity contribution < 1.29 is 25.0 Å². The summed E-state index contributed by atoms with van der Waals surface area (Å²) in [4.78, 5) is 0. The molecule has 2 atom stereocenters. The highest BCUT2D eigenvalue weighted by atomic mass is 32.2. The molecule has 0 spiro atoms. The van der Waals surface area contributed by atoms with Crippen LogP contribution in [0.2, 0.25) is 0 Å². The van der Waals surface area contributed by atoms with Gasteiger partial charge in [0.25, 0.3) is 0 Å². The minimum Gasteiger partial charge on any atom is -0.867 e. The number of nitrogens with two attached hydrogens (primary N) is 2. The molecule has 0 aromatic carbocycles. The maximum absolute atomic E-state index is 9.89. The third kappa shape index (κ3) is 11.7. The van der Waals surface area contributed by atoms with Crippen molar-refractivity contribution in [3.8, 4) is 0 Å². The van der Waals surface area contributed by atoms with Gasteiger partial charge in [0.2, 0.25) is 0 Å². The van der Waals surface area contributed by atoms with Crippen molar-refractivity contribution in [3.63, 3.8) is 0 Å². The molecule has 0 saturated carbocycles. The van der Waals surface area contributed by atoms with E-state index in [1.807, 2.05) is 23.5 Å². The lowest BCUT2D eigenvalue weighted by molar-refractivity contribution is -0.678. The van der Waals surface area contributed by atoms with Crippen molar-refractivity contribution in [3.05, 3.63) is 0 Å². The minimum absolute atomic E-state index is 0.429. The maximum atomic E-state index is 9.89. The topological polar surface area (TPSA) is 79.3 Å². The quantitative estimate of drug-likeness (QED) is 0.596. The lowest BCUT2D eigenvalue weighted by Crippen LogP contribution is -2.95. The number of hydrogen-bond donors (Lipinski definition) is 2. The average molecular weight is 390 g/mol. The van der Waals surface area contributed by atoms with Crippen molar-refractivity contribution >= 4 is 54.4 Å². The zero-order chi connectivity index (χ0) is 17.1. The Morgan fingerprint density at radius 3 is 1.41 bits per heavy atom. The fourth-order valence-electron chi connectivity index (χ4n) is 1.85. The summed E-state index contributed by atoms with van der Waals surface area (Å²) >= 11 is 8.06. The fraction of sp³-hybridized carbons (Fsp3) is 1.00. The van der Waals surface area contributed by atoms with Gasteiger partial charge in [0.15, 0.2) is 8.41 Å². The Bertz CT molecular complexity index is 255. The van der Waals surface area contributed by atoms with Crippen molar-refractivity contribution in [2.24, 2.45) is 0 Å². The molecule has 0 radical (unpaired) electrons. The van der Waals surface area contributed by atoms with E-state index in [4.69, 9.17) is 10.0 Å². The molecule has 2 unspecified atom stereocenters. The van der Waals surface area contributed by atoms with E-state index in [0.29, 0.717) is 8.41 Å². The summed E-state index contributed by atoms with van der Waals surface area (Å²) in [6.45, 7) is 7.23. The normalized spacial score (nSPS) is 31.2. The molecule has 0 bridgehead atoms. The third-order valence-electron chi connectivity index (χ3n) is 3.32. The lowest BCUT2D eigenvalue weighted by atomic mass is 10.3. The second-order valence-corrected chi connectivity index (χ2v) is 11.2. The summed E-state index contributed by atoms with van der Waals surface area (Å²) in [5.74, 6) is 2.68. The Kier molecular flexibility index (Phi) is 13.3. The number of thioether (sulfide) groups is 4. The molecule has 22 heavy (non-hydrogen) atoms. The van der Waals surface area contributed by atoms with E-state index in [0.717, 1.165) is 0 Å². The number of rotatable bonds is 2. The van der Waals surface area contributed by atoms with Gasteiger partial charge in [-0.05, 0) is 12.5 Å². The van der Waals surface area contributed by atoms with Crippen LogP contribution in [0.1, 0.15) is 26.7 Å². The highest BCUT2D eigenvalue weighted by Crippen LogP contribution is 2.30. The second kappa shape index (κ2) is 12.6. The van der Waals surface area contributed by atoms with Gasteiger partial charge in [-0.3, -0.25) is 0 Å². The molecular formula is C12H28BFN2O2S4. The molecule has 0 aromatic heterocycles. The Labute approximate surface area is 151 Å². The molecule has 10 heteroatoms. The highest BCUT2D eigenvalue weighted by Gasteiger charge is 2.30. The third-order valence-corrected chi connectivity index (χ3v) is 9.44. The smallest absolute Gasteiger partial charge is 0.186 e. The predicted octanol–water partition coefficient (Wildman–Crippen LogP) is -0.892. The number of hydrogen-bond acceptors (Lipinski definition) is 6. The summed E-state index contributed by atoms with van der Waals surface area (Å²) in [5, 5.41) is 21.5. The first-order chi connectivity index (χ1) is 10.3. The Morgan fingerprint density at radius 1 is 0.955 bits per heavy atom. The SMILES string of the molecule is CSC1(C)[NH2+]CCCS1.CSC1(C)[NH2+]CCCS1.[O-]B([O-])F. The summed E-state index contributed by atoms with van der Waals surface area (Å²) in [7, 11) is -3.17. The minimum atomic E-state index is -3.17. The van der Waals surface area contributed by atoms with E-state index >= 15 is 0 Å². The molecule has 2 rings (SSSR count). The predicted molar refractivity (Wildman–Crippen MR) is 98.4 cm³/mol. The van der Waals surface area contributed by atoms with Gasteiger partial charge in [-0.25, -0.2) is 0 Å². The summed E-state index contributed by atoms with van der Waals surface area (Å²) < 4.78 is 10.7. The van der Waals surface area contributed by atoms with Crippen molar-refractivity contribution in [2.75, 3.05) is 37.1 Å². The zero-order valence-electron chi connectivity index (χ0n) is 13.8. The summed E-state index contributed by atoms with van der Waals surface area (Å²) in [6.07, 6.45) is 7.13. The monoisotopic (exact) mass is 390 g/mol. The lowest BCUT2D eigenvalue weighted by Gasteiger charge is -2.28. The van der Waals surface area contributed by atoms with Crippen LogP contribution in [0, 0.1) is 0 Å². The number of halogens is 1. The molecule has 132 valence electrons. The van der Waals surface area contributed by atoms with Gasteiger partial charge in [-0.2, -0.15) is 0 Å². The van der Waals surface area contributed by atoms with Gasteiger partial charge < -0.3 is 25.0 Å². The molecule has 4 N–H and O–H groups in total. The molecule has 2 fully saturated rings. The van der Waals surface area contributed by atoms with E-state index in [2.05, 4.69) is 60.5 Å². The summed E-state index contributed by atoms with van der Waals surface area (Å²) in [6, 6.07) is 0. The molecule has 4 nitrogen and oxygen atoms in total. The van der Waals surface area contributed by atoms with Gasteiger partial charge in [0.1, 0.15) is 7.40 Å². The molecule has 2 saturated heterocycles. The van der Waals surface area contributed by atoms with E-state index in [1.54, 1.807) is 0 Å². The van der Waals surface area contributed by atoms with Gasteiger partial charge in [0, 0.05) is 38.2 Å². The van der Waals surface area contributed by atoms with E-state index in [1.165, 1.54) is 37.4 Å². The van der Waals surface area contributed by atoms with Gasteiger partial charge in [-0.1, -0.05) is 47.0 Å². The van der Waals surface area contributed by atoms with Crippen molar-refractivity contribution in [2.45, 2.75) is 35.1 Å². The first kappa shape index (κ1) is 23.2. The first-order valence-corrected chi connectivity index (χ1v) is 11.7. The largest absolute Gasteiger partial charge is 0.867 e. The zero-order valence-corrected chi connectivity index (χ0v) is 17.1. The highest BCUT2D eigenvalue weighted by molar-refractivity contribution is 8.17. The molecule has 0 aliphatic carbocycles. The summed E-state index contributed by atoms with van der Waals surface area (Å²) in [5.41, 5.74) is 0. The van der Waals surface area contributed by atoms with Crippen LogP contribution in [0.5, 0.6) is 0 Å². The Hall–Kier alpha value is 1.23. The van der Waals surface area contributed by atoms with Crippen LogP contribution in [0.3, 0.4) is 0 Å². The second-order valence-electron chi connectivity index (χ2n) is 5.10. The van der Waals surface area contributed by atoms with E-state index < -0.39 is 7.40 Å².